The SMILES string of the molecule is COc1ccc(C(=O)CC(F)(F)F)c(Cl)c1. The molecule has 0 aliphatic carbocycles. The van der Waals surface area contributed by atoms with Gasteiger partial charge in [0.1, 0.15) is 12.2 Å². The van der Waals surface area contributed by atoms with Crippen molar-refractivity contribution in [2.75, 3.05) is 7.11 Å². The highest BCUT2D eigenvalue weighted by Crippen LogP contribution is 2.27. The molecule has 0 atom stereocenters. The molecule has 0 saturated heterocycles. The predicted octanol–water partition coefficient (Wildman–Crippen LogP) is 3.48. The van der Waals surface area contributed by atoms with Gasteiger partial charge in [-0.05, 0) is 18.2 Å². The number of ether oxygens (including phenoxy) is 1. The second-order valence-corrected chi connectivity index (χ2v) is 3.47. The van der Waals surface area contributed by atoms with Crippen LogP contribution >= 0.6 is 11.6 Å². The van der Waals surface area contributed by atoms with E-state index in [9.17, 15) is 18.0 Å². The topological polar surface area (TPSA) is 26.3 Å². The first-order valence-electron chi connectivity index (χ1n) is 4.27. The Morgan fingerprint density at radius 3 is 2.50 bits per heavy atom. The van der Waals surface area contributed by atoms with Gasteiger partial charge in [-0.15, -0.1) is 0 Å². The molecule has 16 heavy (non-hydrogen) atoms. The van der Waals surface area contributed by atoms with E-state index in [0.29, 0.717) is 5.75 Å². The van der Waals surface area contributed by atoms with Crippen LogP contribution in [0.4, 0.5) is 13.2 Å². The molecule has 6 heteroatoms. The number of carbonyl (C=O) groups excluding carboxylic acids is 1. The van der Waals surface area contributed by atoms with E-state index in [-0.39, 0.29) is 10.6 Å². The van der Waals surface area contributed by atoms with Gasteiger partial charge in [0, 0.05) is 5.56 Å². The maximum atomic E-state index is 12.0. The van der Waals surface area contributed by atoms with Gasteiger partial charge in [0.05, 0.1) is 12.1 Å². The lowest BCUT2D eigenvalue weighted by atomic mass is 10.1. The zero-order valence-corrected chi connectivity index (χ0v) is 9.02. The fourth-order valence-electron chi connectivity index (χ4n) is 1.13. The lowest BCUT2D eigenvalue weighted by molar-refractivity contribution is -0.125. The lowest BCUT2D eigenvalue weighted by Gasteiger charge is -2.07. The first kappa shape index (κ1) is 12.8. The second-order valence-electron chi connectivity index (χ2n) is 3.06. The van der Waals surface area contributed by atoms with Crippen LogP contribution in [0.5, 0.6) is 5.75 Å². The highest BCUT2D eigenvalue weighted by Gasteiger charge is 2.32. The van der Waals surface area contributed by atoms with Gasteiger partial charge in [-0.1, -0.05) is 11.6 Å². The number of hydrogen-bond acceptors (Lipinski definition) is 2. The van der Waals surface area contributed by atoms with Crippen molar-refractivity contribution in [1.82, 2.24) is 0 Å². The molecule has 1 aromatic rings. The number of carbonyl (C=O) groups is 1. The fourth-order valence-corrected chi connectivity index (χ4v) is 1.40. The Bertz CT molecular complexity index is 402. The Balaban J connectivity index is 2.93. The summed E-state index contributed by atoms with van der Waals surface area (Å²) in [5, 5.41) is -0.0476. The van der Waals surface area contributed by atoms with Gasteiger partial charge < -0.3 is 4.74 Å². The second kappa shape index (κ2) is 4.74. The molecule has 0 unspecified atom stereocenters. The van der Waals surface area contributed by atoms with Crippen molar-refractivity contribution in [3.05, 3.63) is 28.8 Å². The maximum Gasteiger partial charge on any atom is 0.396 e. The molecule has 0 aliphatic rings. The Morgan fingerprint density at radius 2 is 2.06 bits per heavy atom. The van der Waals surface area contributed by atoms with Gasteiger partial charge in [0.25, 0.3) is 0 Å². The van der Waals surface area contributed by atoms with Crippen molar-refractivity contribution in [3.63, 3.8) is 0 Å². The summed E-state index contributed by atoms with van der Waals surface area (Å²) in [6.45, 7) is 0. The van der Waals surface area contributed by atoms with Crippen LogP contribution in [0.1, 0.15) is 16.8 Å². The first-order chi connectivity index (χ1) is 7.33. The minimum Gasteiger partial charge on any atom is -0.497 e. The Labute approximate surface area is 95.0 Å². The Morgan fingerprint density at radius 1 is 1.44 bits per heavy atom. The number of rotatable bonds is 3. The van der Waals surface area contributed by atoms with E-state index in [4.69, 9.17) is 16.3 Å². The van der Waals surface area contributed by atoms with E-state index in [2.05, 4.69) is 0 Å². The highest BCUT2D eigenvalue weighted by molar-refractivity contribution is 6.34. The van der Waals surface area contributed by atoms with E-state index in [1.165, 1.54) is 25.3 Å². The summed E-state index contributed by atoms with van der Waals surface area (Å²) in [7, 11) is 1.39. The van der Waals surface area contributed by atoms with Gasteiger partial charge in [-0.2, -0.15) is 13.2 Å². The number of ketones is 1. The van der Waals surface area contributed by atoms with Gasteiger partial charge in [-0.3, -0.25) is 4.79 Å². The number of hydrogen-bond donors (Lipinski definition) is 0. The van der Waals surface area contributed by atoms with E-state index >= 15 is 0 Å². The third-order valence-corrected chi connectivity index (χ3v) is 2.15. The molecule has 0 N–H and O–H groups in total. The number of methoxy groups -OCH3 is 1. The average molecular weight is 253 g/mol. The van der Waals surface area contributed by atoms with Gasteiger partial charge >= 0.3 is 6.18 Å². The quantitative estimate of drug-likeness (QED) is 0.770. The summed E-state index contributed by atoms with van der Waals surface area (Å²) in [4.78, 5) is 11.2. The summed E-state index contributed by atoms with van der Waals surface area (Å²) < 4.78 is 40.8. The van der Waals surface area contributed by atoms with Crippen molar-refractivity contribution in [3.8, 4) is 5.75 Å². The molecule has 2 nitrogen and oxygen atoms in total. The van der Waals surface area contributed by atoms with Crippen LogP contribution in [-0.2, 0) is 0 Å². The van der Waals surface area contributed by atoms with Crippen LogP contribution in [-0.4, -0.2) is 19.1 Å². The van der Waals surface area contributed by atoms with Gasteiger partial charge in [0.2, 0.25) is 0 Å². The summed E-state index contributed by atoms with van der Waals surface area (Å²) in [6, 6.07) is 3.90. The minimum atomic E-state index is -4.53. The smallest absolute Gasteiger partial charge is 0.396 e. The van der Waals surface area contributed by atoms with Crippen molar-refractivity contribution in [2.24, 2.45) is 0 Å². The number of halogens is 4. The molecule has 0 spiro atoms. The standard InChI is InChI=1S/C10H8ClF3O2/c1-16-6-2-3-7(8(11)4-6)9(15)5-10(12,13)14/h2-4H,5H2,1H3. The summed E-state index contributed by atoms with van der Waals surface area (Å²) in [5.41, 5.74) is -0.153. The minimum absolute atomic E-state index is 0.0476. The van der Waals surface area contributed by atoms with Crippen molar-refractivity contribution in [1.29, 1.82) is 0 Å². The molecule has 0 heterocycles. The molecule has 88 valence electrons. The van der Waals surface area contributed by atoms with E-state index in [0.717, 1.165) is 0 Å². The maximum absolute atomic E-state index is 12.0. The molecule has 1 rings (SSSR count). The van der Waals surface area contributed by atoms with Crippen LogP contribution < -0.4 is 4.74 Å². The molecule has 0 saturated carbocycles. The van der Waals surface area contributed by atoms with Crippen LogP contribution in [0, 0.1) is 0 Å². The van der Waals surface area contributed by atoms with Gasteiger partial charge in [0.15, 0.2) is 5.78 Å². The predicted molar refractivity (Wildman–Crippen MR) is 53.0 cm³/mol. The van der Waals surface area contributed by atoms with E-state index < -0.39 is 18.4 Å². The molecule has 0 amide bonds. The molecule has 0 fully saturated rings. The van der Waals surface area contributed by atoms with Crippen molar-refractivity contribution < 1.29 is 22.7 Å². The number of alkyl halides is 3. The average Bonchev–Trinajstić information content (AvgIpc) is 2.14. The van der Waals surface area contributed by atoms with E-state index in [1.54, 1.807) is 0 Å². The summed E-state index contributed by atoms with van der Waals surface area (Å²) in [5.74, 6) is -0.672. The normalized spacial score (nSPS) is 11.3. The molecule has 1 aromatic carbocycles. The zero-order valence-electron chi connectivity index (χ0n) is 8.27. The van der Waals surface area contributed by atoms with Crippen LogP contribution in [0.15, 0.2) is 18.2 Å². The largest absolute Gasteiger partial charge is 0.497 e. The zero-order chi connectivity index (χ0) is 12.3. The van der Waals surface area contributed by atoms with Crippen molar-refractivity contribution in [2.45, 2.75) is 12.6 Å². The third-order valence-electron chi connectivity index (χ3n) is 1.84. The molecule has 0 aliphatic heterocycles. The highest BCUT2D eigenvalue weighted by atomic mass is 35.5. The molecule has 0 radical (unpaired) electrons. The number of benzene rings is 1. The molecule has 0 bridgehead atoms. The lowest BCUT2D eigenvalue weighted by Crippen LogP contribution is -2.15. The summed E-state index contributed by atoms with van der Waals surface area (Å²) in [6.07, 6.45) is -6.04. The van der Waals surface area contributed by atoms with Crippen LogP contribution in [0.25, 0.3) is 0 Å². The molecular formula is C10H8ClF3O2. The summed E-state index contributed by atoms with van der Waals surface area (Å²) >= 11 is 5.66. The Hall–Kier alpha value is -1.23. The van der Waals surface area contributed by atoms with E-state index in [1.807, 2.05) is 0 Å². The first-order valence-corrected chi connectivity index (χ1v) is 4.65. The van der Waals surface area contributed by atoms with Crippen molar-refractivity contribution >= 4 is 17.4 Å². The van der Waals surface area contributed by atoms with Crippen LogP contribution in [0.3, 0.4) is 0 Å². The third kappa shape index (κ3) is 3.41. The molecular weight excluding hydrogens is 245 g/mol. The number of Topliss-reactive ketones (excluding diaryl/α,β-unsaturated/α-hetero) is 1. The fraction of sp³-hybridized carbons (Fsp3) is 0.300. The van der Waals surface area contributed by atoms with Crippen LogP contribution in [0.2, 0.25) is 5.02 Å². The van der Waals surface area contributed by atoms with Gasteiger partial charge in [-0.25, -0.2) is 0 Å². The molecule has 0 aromatic heterocycles. The Kier molecular flexibility index (Phi) is 3.80. The monoisotopic (exact) mass is 252 g/mol.